The van der Waals surface area contributed by atoms with Crippen LogP contribution in [0.5, 0.6) is 0 Å². The molecule has 0 fully saturated rings. The molecule has 3 rings (SSSR count). The summed E-state index contributed by atoms with van der Waals surface area (Å²) in [5, 5.41) is 9.87. The number of rotatable bonds is 6. The van der Waals surface area contributed by atoms with Gasteiger partial charge in [-0.05, 0) is 30.5 Å². The van der Waals surface area contributed by atoms with E-state index in [2.05, 4.69) is 34.6 Å². The molecule has 4 nitrogen and oxygen atoms in total. The number of H-pyrrole nitrogens is 1. The molecule has 0 aliphatic carbocycles. The fraction of sp³-hybridized carbons (Fsp3) is 0.200. The molecule has 0 aliphatic heterocycles. The van der Waals surface area contributed by atoms with Crippen molar-refractivity contribution < 1.29 is 4.79 Å². The SMILES string of the molecule is CCCCc1ccc(NC(=O)c2cn[nH]c2-c2ccccc2)cc1. The summed E-state index contributed by atoms with van der Waals surface area (Å²) >= 11 is 0. The van der Waals surface area contributed by atoms with E-state index in [-0.39, 0.29) is 5.91 Å². The Balaban J connectivity index is 1.73. The molecule has 1 heterocycles. The lowest BCUT2D eigenvalue weighted by atomic mass is 10.1. The number of aromatic nitrogens is 2. The van der Waals surface area contributed by atoms with Crippen LogP contribution < -0.4 is 5.32 Å². The fourth-order valence-corrected chi connectivity index (χ4v) is 2.62. The predicted octanol–water partition coefficient (Wildman–Crippen LogP) is 4.67. The molecule has 122 valence electrons. The van der Waals surface area contributed by atoms with Crippen LogP contribution in [0.25, 0.3) is 11.3 Å². The molecule has 0 spiro atoms. The Labute approximate surface area is 141 Å². The summed E-state index contributed by atoms with van der Waals surface area (Å²) in [7, 11) is 0. The normalized spacial score (nSPS) is 10.5. The van der Waals surface area contributed by atoms with Gasteiger partial charge in [0.15, 0.2) is 0 Å². The highest BCUT2D eigenvalue weighted by Crippen LogP contribution is 2.22. The Bertz CT molecular complexity index is 791. The van der Waals surface area contributed by atoms with Gasteiger partial charge in [0.2, 0.25) is 0 Å². The molecule has 1 amide bonds. The molecule has 0 unspecified atom stereocenters. The number of carbonyl (C=O) groups excluding carboxylic acids is 1. The van der Waals surface area contributed by atoms with Gasteiger partial charge < -0.3 is 5.32 Å². The van der Waals surface area contributed by atoms with Crippen molar-refractivity contribution in [3.8, 4) is 11.3 Å². The summed E-state index contributed by atoms with van der Waals surface area (Å²) in [6.45, 7) is 2.18. The lowest BCUT2D eigenvalue weighted by Gasteiger charge is -2.07. The minimum atomic E-state index is -0.163. The van der Waals surface area contributed by atoms with Crippen LogP contribution in [0.1, 0.15) is 35.7 Å². The van der Waals surface area contributed by atoms with E-state index >= 15 is 0 Å². The van der Waals surface area contributed by atoms with Gasteiger partial charge >= 0.3 is 0 Å². The van der Waals surface area contributed by atoms with Crippen molar-refractivity contribution in [1.82, 2.24) is 10.2 Å². The third kappa shape index (κ3) is 3.71. The number of nitrogens with zero attached hydrogens (tertiary/aromatic N) is 1. The summed E-state index contributed by atoms with van der Waals surface area (Å²) < 4.78 is 0. The number of hydrogen-bond acceptors (Lipinski definition) is 2. The number of amides is 1. The van der Waals surface area contributed by atoms with Crippen molar-refractivity contribution in [1.29, 1.82) is 0 Å². The summed E-state index contributed by atoms with van der Waals surface area (Å²) in [5.41, 5.74) is 4.29. The van der Waals surface area contributed by atoms with Gasteiger partial charge in [-0.2, -0.15) is 5.10 Å². The Morgan fingerprint density at radius 2 is 1.83 bits per heavy atom. The molecule has 2 N–H and O–H groups in total. The number of anilines is 1. The number of carbonyl (C=O) groups is 1. The quantitative estimate of drug-likeness (QED) is 0.693. The lowest BCUT2D eigenvalue weighted by molar-refractivity contribution is 0.102. The van der Waals surface area contributed by atoms with Crippen LogP contribution in [-0.2, 0) is 6.42 Å². The molecule has 4 heteroatoms. The second-order valence-corrected chi connectivity index (χ2v) is 5.78. The first-order chi connectivity index (χ1) is 11.8. The van der Waals surface area contributed by atoms with E-state index in [0.717, 1.165) is 23.4 Å². The van der Waals surface area contributed by atoms with E-state index in [4.69, 9.17) is 0 Å². The zero-order valence-electron chi connectivity index (χ0n) is 13.8. The molecular formula is C20H21N3O. The van der Waals surface area contributed by atoms with Crippen molar-refractivity contribution in [3.05, 3.63) is 71.9 Å². The summed E-state index contributed by atoms with van der Waals surface area (Å²) in [6.07, 6.45) is 5.00. The molecule has 0 aliphatic rings. The zero-order valence-corrected chi connectivity index (χ0v) is 13.8. The predicted molar refractivity (Wildman–Crippen MR) is 97.0 cm³/mol. The highest BCUT2D eigenvalue weighted by Gasteiger charge is 2.15. The minimum absolute atomic E-state index is 0.163. The number of hydrogen-bond donors (Lipinski definition) is 2. The topological polar surface area (TPSA) is 57.8 Å². The van der Waals surface area contributed by atoms with E-state index in [1.54, 1.807) is 6.20 Å². The van der Waals surface area contributed by atoms with Gasteiger partial charge in [-0.25, -0.2) is 0 Å². The maximum absolute atomic E-state index is 12.6. The van der Waals surface area contributed by atoms with E-state index in [9.17, 15) is 4.79 Å². The molecule has 3 aromatic rings. The third-order valence-electron chi connectivity index (χ3n) is 3.98. The Hall–Kier alpha value is -2.88. The number of aromatic amines is 1. The molecule has 0 saturated heterocycles. The molecule has 24 heavy (non-hydrogen) atoms. The average Bonchev–Trinajstić information content (AvgIpc) is 3.12. The monoisotopic (exact) mass is 319 g/mol. The van der Waals surface area contributed by atoms with Gasteiger partial charge in [-0.3, -0.25) is 9.89 Å². The van der Waals surface area contributed by atoms with Crippen LogP contribution in [0.4, 0.5) is 5.69 Å². The fourth-order valence-electron chi connectivity index (χ4n) is 2.62. The van der Waals surface area contributed by atoms with Crippen molar-refractivity contribution in [3.63, 3.8) is 0 Å². The Kier molecular flexibility index (Phi) is 5.06. The highest BCUT2D eigenvalue weighted by molar-refractivity contribution is 6.07. The number of benzene rings is 2. The standard InChI is InChI=1S/C20H21N3O/c1-2-3-7-15-10-12-17(13-11-15)22-20(24)18-14-21-23-19(18)16-8-5-4-6-9-16/h4-6,8-14H,2-3,7H2,1H3,(H,21,23)(H,22,24). The van der Waals surface area contributed by atoms with Crippen molar-refractivity contribution in [2.24, 2.45) is 0 Å². The lowest BCUT2D eigenvalue weighted by Crippen LogP contribution is -2.12. The first-order valence-electron chi connectivity index (χ1n) is 8.27. The van der Waals surface area contributed by atoms with Crippen molar-refractivity contribution in [2.75, 3.05) is 5.32 Å². The molecular weight excluding hydrogens is 298 g/mol. The highest BCUT2D eigenvalue weighted by atomic mass is 16.1. The second kappa shape index (κ2) is 7.59. The summed E-state index contributed by atoms with van der Waals surface area (Å²) in [5.74, 6) is -0.163. The van der Waals surface area contributed by atoms with Gasteiger partial charge in [0, 0.05) is 11.3 Å². The first-order valence-corrected chi connectivity index (χ1v) is 8.27. The Morgan fingerprint density at radius 1 is 1.08 bits per heavy atom. The molecule has 0 atom stereocenters. The molecule has 1 aromatic heterocycles. The van der Waals surface area contributed by atoms with Crippen LogP contribution in [0.2, 0.25) is 0 Å². The van der Waals surface area contributed by atoms with Crippen LogP contribution >= 0.6 is 0 Å². The summed E-state index contributed by atoms with van der Waals surface area (Å²) in [4.78, 5) is 12.6. The average molecular weight is 319 g/mol. The van der Waals surface area contributed by atoms with Gasteiger partial charge in [0.1, 0.15) is 0 Å². The van der Waals surface area contributed by atoms with Crippen molar-refractivity contribution >= 4 is 11.6 Å². The third-order valence-corrected chi connectivity index (χ3v) is 3.98. The van der Waals surface area contributed by atoms with E-state index in [1.807, 2.05) is 42.5 Å². The number of unbranched alkanes of at least 4 members (excludes halogenated alkanes) is 1. The Morgan fingerprint density at radius 3 is 2.54 bits per heavy atom. The van der Waals surface area contributed by atoms with Crippen LogP contribution in [-0.4, -0.2) is 16.1 Å². The molecule has 0 saturated carbocycles. The van der Waals surface area contributed by atoms with Crippen LogP contribution in [0, 0.1) is 0 Å². The van der Waals surface area contributed by atoms with Gasteiger partial charge in [-0.1, -0.05) is 55.8 Å². The van der Waals surface area contributed by atoms with E-state index < -0.39 is 0 Å². The smallest absolute Gasteiger partial charge is 0.259 e. The number of aryl methyl sites for hydroxylation is 1. The maximum atomic E-state index is 12.6. The largest absolute Gasteiger partial charge is 0.322 e. The molecule has 2 aromatic carbocycles. The molecule has 0 radical (unpaired) electrons. The maximum Gasteiger partial charge on any atom is 0.259 e. The first kappa shape index (κ1) is 16.0. The van der Waals surface area contributed by atoms with E-state index in [0.29, 0.717) is 5.56 Å². The van der Waals surface area contributed by atoms with Gasteiger partial charge in [0.05, 0.1) is 17.5 Å². The second-order valence-electron chi connectivity index (χ2n) is 5.78. The van der Waals surface area contributed by atoms with Gasteiger partial charge in [0.25, 0.3) is 5.91 Å². The molecule has 0 bridgehead atoms. The van der Waals surface area contributed by atoms with Crippen LogP contribution in [0.15, 0.2) is 60.8 Å². The summed E-state index contributed by atoms with van der Waals surface area (Å²) in [6, 6.07) is 17.8. The zero-order chi connectivity index (χ0) is 16.8. The van der Waals surface area contributed by atoms with Gasteiger partial charge in [-0.15, -0.1) is 0 Å². The van der Waals surface area contributed by atoms with E-state index in [1.165, 1.54) is 18.4 Å². The van der Waals surface area contributed by atoms with Crippen LogP contribution in [0.3, 0.4) is 0 Å². The minimum Gasteiger partial charge on any atom is -0.322 e. The number of nitrogens with one attached hydrogen (secondary N) is 2. The van der Waals surface area contributed by atoms with Crippen molar-refractivity contribution in [2.45, 2.75) is 26.2 Å².